The van der Waals surface area contributed by atoms with E-state index in [2.05, 4.69) is 15.4 Å². The van der Waals surface area contributed by atoms with E-state index >= 15 is 0 Å². The molecule has 6 nitrogen and oxygen atoms in total. The van der Waals surface area contributed by atoms with Crippen LogP contribution in [-0.4, -0.2) is 32.8 Å². The molecule has 2 heterocycles. The maximum atomic E-state index is 13.6. The van der Waals surface area contributed by atoms with Crippen molar-refractivity contribution in [2.75, 3.05) is 0 Å². The van der Waals surface area contributed by atoms with E-state index in [-0.39, 0.29) is 29.4 Å². The summed E-state index contributed by atoms with van der Waals surface area (Å²) in [6.07, 6.45) is 1.78. The van der Waals surface area contributed by atoms with Crippen molar-refractivity contribution >= 4 is 5.91 Å². The lowest BCUT2D eigenvalue weighted by atomic mass is 9.91. The molecule has 4 rings (SSSR count). The van der Waals surface area contributed by atoms with Gasteiger partial charge in [-0.05, 0) is 68.1 Å². The van der Waals surface area contributed by atoms with Gasteiger partial charge in [-0.1, -0.05) is 0 Å². The van der Waals surface area contributed by atoms with Crippen molar-refractivity contribution in [3.63, 3.8) is 0 Å². The highest BCUT2D eigenvalue weighted by Gasteiger charge is 2.36. The Balaban J connectivity index is 1.57. The van der Waals surface area contributed by atoms with Crippen LogP contribution in [0, 0.1) is 0 Å². The Kier molecular flexibility index (Phi) is 5.77. The molecule has 0 spiro atoms. The smallest absolute Gasteiger partial charge is 0.349 e. The van der Waals surface area contributed by atoms with E-state index in [0.29, 0.717) is 11.1 Å². The highest BCUT2D eigenvalue weighted by molar-refractivity contribution is 5.94. The van der Waals surface area contributed by atoms with Crippen LogP contribution in [-0.2, 0) is 6.18 Å². The second-order valence-electron chi connectivity index (χ2n) is 7.70. The first-order valence-corrected chi connectivity index (χ1v) is 10.1. The first-order chi connectivity index (χ1) is 14.8. The molecule has 0 radical (unpaired) electrons. The molecule has 0 unspecified atom stereocenters. The molecule has 1 saturated carbocycles. The lowest BCUT2D eigenvalue weighted by Gasteiger charge is -2.26. The summed E-state index contributed by atoms with van der Waals surface area (Å²) in [5.74, 6) is -0.250. The summed E-state index contributed by atoms with van der Waals surface area (Å²) in [7, 11) is 0. The Morgan fingerprint density at radius 1 is 1.10 bits per heavy atom. The zero-order chi connectivity index (χ0) is 22.0. The van der Waals surface area contributed by atoms with Crippen molar-refractivity contribution in [2.45, 2.75) is 43.9 Å². The summed E-state index contributed by atoms with van der Waals surface area (Å²) < 4.78 is 41.7. The fourth-order valence-electron chi connectivity index (χ4n) is 3.72. The normalized spacial score (nSPS) is 19.2. The molecule has 1 aliphatic carbocycles. The number of carbonyl (C=O) groups is 1. The fourth-order valence-corrected chi connectivity index (χ4v) is 3.72. The summed E-state index contributed by atoms with van der Waals surface area (Å²) in [5, 5.41) is 7.11. The topological polar surface area (TPSA) is 85.8 Å². The van der Waals surface area contributed by atoms with Crippen LogP contribution in [0.3, 0.4) is 0 Å². The third-order valence-corrected chi connectivity index (χ3v) is 5.44. The summed E-state index contributed by atoms with van der Waals surface area (Å²) in [6.45, 7) is 0. The number of carbonyl (C=O) groups excluding carboxylic acids is 1. The van der Waals surface area contributed by atoms with E-state index in [1.165, 1.54) is 36.7 Å². The maximum absolute atomic E-state index is 13.6. The van der Waals surface area contributed by atoms with E-state index in [0.717, 1.165) is 36.4 Å². The van der Waals surface area contributed by atoms with Crippen LogP contribution in [0.25, 0.3) is 16.9 Å². The zero-order valence-corrected chi connectivity index (χ0v) is 16.6. The number of hydrogen-bond donors (Lipinski definition) is 2. The monoisotopic (exact) mass is 429 g/mol. The molecule has 0 bridgehead atoms. The molecular formula is C22H22F3N5O. The summed E-state index contributed by atoms with van der Waals surface area (Å²) in [5.41, 5.74) is 6.23. The average molecular weight is 429 g/mol. The number of nitrogens with zero attached hydrogens (tertiary/aromatic N) is 3. The highest BCUT2D eigenvalue weighted by atomic mass is 19.4. The molecule has 0 aliphatic heterocycles. The molecule has 9 heteroatoms. The second-order valence-corrected chi connectivity index (χ2v) is 7.70. The number of halogens is 3. The summed E-state index contributed by atoms with van der Waals surface area (Å²) >= 11 is 0. The molecule has 0 saturated heterocycles. The number of amides is 1. The van der Waals surface area contributed by atoms with Gasteiger partial charge in [-0.2, -0.15) is 18.3 Å². The van der Waals surface area contributed by atoms with Crippen molar-refractivity contribution < 1.29 is 18.0 Å². The number of hydrogen-bond acceptors (Lipinski definition) is 4. The first kappa shape index (κ1) is 21.0. The molecule has 2 aromatic heterocycles. The SMILES string of the molecule is NC1CCC(NC(=O)c2ccc(-n3nc(-c4cccnc4)cc3C(F)(F)F)cc2)CC1. The Morgan fingerprint density at radius 3 is 2.42 bits per heavy atom. The lowest BCUT2D eigenvalue weighted by Crippen LogP contribution is -2.40. The number of aromatic nitrogens is 3. The molecule has 162 valence electrons. The van der Waals surface area contributed by atoms with Gasteiger partial charge in [0.25, 0.3) is 5.91 Å². The molecule has 31 heavy (non-hydrogen) atoms. The van der Waals surface area contributed by atoms with E-state index in [1.54, 1.807) is 12.1 Å². The minimum atomic E-state index is -4.59. The average Bonchev–Trinajstić information content (AvgIpc) is 3.22. The highest BCUT2D eigenvalue weighted by Crippen LogP contribution is 2.34. The minimum Gasteiger partial charge on any atom is -0.349 e. The van der Waals surface area contributed by atoms with E-state index in [9.17, 15) is 18.0 Å². The van der Waals surface area contributed by atoms with Crippen LogP contribution in [0.5, 0.6) is 0 Å². The lowest BCUT2D eigenvalue weighted by molar-refractivity contribution is -0.142. The van der Waals surface area contributed by atoms with Crippen molar-refractivity contribution in [3.8, 4) is 16.9 Å². The standard InChI is InChI=1S/C22H22F3N5O/c23-22(24,25)20-12-19(15-2-1-11-27-13-15)29-30(20)18-9-3-14(4-10-18)21(31)28-17-7-5-16(26)6-8-17/h1-4,9-13,16-17H,5-8,26H2,(H,28,31). The Morgan fingerprint density at radius 2 is 1.81 bits per heavy atom. The van der Waals surface area contributed by atoms with Crippen molar-refractivity contribution in [2.24, 2.45) is 5.73 Å². The van der Waals surface area contributed by atoms with Crippen LogP contribution in [0.15, 0.2) is 54.9 Å². The van der Waals surface area contributed by atoms with Crippen molar-refractivity contribution in [1.29, 1.82) is 0 Å². The summed E-state index contributed by atoms with van der Waals surface area (Å²) in [6, 6.07) is 10.4. The predicted octanol–water partition coefficient (Wildman–Crippen LogP) is 3.95. The van der Waals surface area contributed by atoms with E-state index in [1.807, 2.05) is 0 Å². The van der Waals surface area contributed by atoms with Gasteiger partial charge >= 0.3 is 6.18 Å². The molecule has 3 N–H and O–H groups in total. The third-order valence-electron chi connectivity index (χ3n) is 5.44. The maximum Gasteiger partial charge on any atom is 0.433 e. The van der Waals surface area contributed by atoms with Gasteiger partial charge in [0.1, 0.15) is 5.69 Å². The van der Waals surface area contributed by atoms with Gasteiger partial charge in [0.15, 0.2) is 0 Å². The van der Waals surface area contributed by atoms with E-state index in [4.69, 9.17) is 5.73 Å². The van der Waals surface area contributed by atoms with Gasteiger partial charge < -0.3 is 11.1 Å². The van der Waals surface area contributed by atoms with Crippen LogP contribution in [0.4, 0.5) is 13.2 Å². The molecule has 1 fully saturated rings. The van der Waals surface area contributed by atoms with Gasteiger partial charge in [0.2, 0.25) is 0 Å². The summed E-state index contributed by atoms with van der Waals surface area (Å²) in [4.78, 5) is 16.4. The second kappa shape index (κ2) is 8.50. The number of nitrogens with one attached hydrogen (secondary N) is 1. The molecule has 3 aromatic rings. The Bertz CT molecular complexity index is 1040. The number of rotatable bonds is 4. The number of alkyl halides is 3. The van der Waals surface area contributed by atoms with Gasteiger partial charge in [0, 0.05) is 35.6 Å². The van der Waals surface area contributed by atoms with E-state index < -0.39 is 11.9 Å². The third kappa shape index (κ3) is 4.77. The van der Waals surface area contributed by atoms with Crippen molar-refractivity contribution in [3.05, 3.63) is 66.1 Å². The quantitative estimate of drug-likeness (QED) is 0.658. The Labute approximate surface area is 177 Å². The van der Waals surface area contributed by atoms with Crippen LogP contribution in [0.2, 0.25) is 0 Å². The largest absolute Gasteiger partial charge is 0.433 e. The minimum absolute atomic E-state index is 0.0666. The molecule has 0 atom stereocenters. The van der Waals surface area contributed by atoms with Crippen LogP contribution < -0.4 is 11.1 Å². The number of benzene rings is 1. The van der Waals surface area contributed by atoms with Gasteiger partial charge in [-0.15, -0.1) is 0 Å². The predicted molar refractivity (Wildman–Crippen MR) is 109 cm³/mol. The first-order valence-electron chi connectivity index (χ1n) is 10.1. The van der Waals surface area contributed by atoms with Crippen molar-refractivity contribution in [1.82, 2.24) is 20.1 Å². The number of pyridine rings is 1. The molecular weight excluding hydrogens is 407 g/mol. The van der Waals surface area contributed by atoms with Gasteiger partial charge in [-0.25, -0.2) is 4.68 Å². The molecule has 1 amide bonds. The molecule has 1 aliphatic rings. The fraction of sp³-hybridized carbons (Fsp3) is 0.318. The molecule has 1 aromatic carbocycles. The zero-order valence-electron chi connectivity index (χ0n) is 16.6. The van der Waals surface area contributed by atoms with Crippen LogP contribution >= 0.6 is 0 Å². The number of nitrogens with two attached hydrogens (primary N) is 1. The van der Waals surface area contributed by atoms with Gasteiger partial charge in [-0.3, -0.25) is 9.78 Å². The van der Waals surface area contributed by atoms with Gasteiger partial charge in [0.05, 0.1) is 11.4 Å². The Hall–Kier alpha value is -3.20. The van der Waals surface area contributed by atoms with Crippen LogP contribution in [0.1, 0.15) is 41.7 Å².